The maximum atomic E-state index is 11.8. The van der Waals surface area contributed by atoms with Gasteiger partial charge in [0.2, 0.25) is 5.91 Å². The Hall–Kier alpha value is -0.610. The maximum absolute atomic E-state index is 11.8. The van der Waals surface area contributed by atoms with Gasteiger partial charge in [0.15, 0.2) is 0 Å². The van der Waals surface area contributed by atoms with Crippen molar-refractivity contribution < 1.29 is 4.79 Å². The molecule has 0 aromatic carbocycles. The van der Waals surface area contributed by atoms with Crippen molar-refractivity contribution in [1.29, 1.82) is 0 Å². The SMILES string of the molecule is CCCN1CCC(NC(=O)C(C)CCN)CC1. The molecule has 0 aromatic heterocycles. The molecule has 100 valence electrons. The molecular weight excluding hydrogens is 214 g/mol. The lowest BCUT2D eigenvalue weighted by molar-refractivity contribution is -0.125. The summed E-state index contributed by atoms with van der Waals surface area (Å²) >= 11 is 0. The lowest BCUT2D eigenvalue weighted by atomic mass is 10.0. The Kier molecular flexibility index (Phi) is 6.52. The summed E-state index contributed by atoms with van der Waals surface area (Å²) in [5, 5.41) is 3.14. The molecule has 0 saturated carbocycles. The Morgan fingerprint density at radius 1 is 1.47 bits per heavy atom. The molecule has 1 rings (SSSR count). The molecular formula is C13H27N3O. The highest BCUT2D eigenvalue weighted by Crippen LogP contribution is 2.11. The largest absolute Gasteiger partial charge is 0.353 e. The van der Waals surface area contributed by atoms with Gasteiger partial charge in [-0.15, -0.1) is 0 Å². The molecule has 1 atom stereocenters. The van der Waals surface area contributed by atoms with E-state index in [1.54, 1.807) is 0 Å². The van der Waals surface area contributed by atoms with Crippen molar-refractivity contribution in [2.24, 2.45) is 11.7 Å². The molecule has 4 heteroatoms. The summed E-state index contributed by atoms with van der Waals surface area (Å²) in [5.41, 5.74) is 5.47. The molecule has 0 bridgehead atoms. The van der Waals surface area contributed by atoms with Gasteiger partial charge in [0.05, 0.1) is 0 Å². The second kappa shape index (κ2) is 7.67. The van der Waals surface area contributed by atoms with Crippen molar-refractivity contribution >= 4 is 5.91 Å². The fourth-order valence-electron chi connectivity index (χ4n) is 2.34. The molecule has 1 aliphatic heterocycles. The third-order valence-electron chi connectivity index (χ3n) is 3.52. The number of carbonyl (C=O) groups excluding carboxylic acids is 1. The summed E-state index contributed by atoms with van der Waals surface area (Å²) in [5.74, 6) is 0.220. The van der Waals surface area contributed by atoms with E-state index >= 15 is 0 Å². The first-order valence-electron chi connectivity index (χ1n) is 6.90. The molecule has 0 aromatic rings. The minimum Gasteiger partial charge on any atom is -0.353 e. The van der Waals surface area contributed by atoms with E-state index in [2.05, 4.69) is 17.1 Å². The highest BCUT2D eigenvalue weighted by atomic mass is 16.1. The van der Waals surface area contributed by atoms with Crippen LogP contribution in [-0.2, 0) is 4.79 Å². The van der Waals surface area contributed by atoms with Crippen LogP contribution in [0.2, 0.25) is 0 Å². The normalized spacial score (nSPS) is 20.2. The van der Waals surface area contributed by atoms with Gasteiger partial charge in [-0.2, -0.15) is 0 Å². The Bertz CT molecular complexity index is 225. The predicted octanol–water partition coefficient (Wildman–Crippen LogP) is 0.962. The van der Waals surface area contributed by atoms with E-state index in [0.717, 1.165) is 32.4 Å². The predicted molar refractivity (Wildman–Crippen MR) is 70.7 cm³/mol. The maximum Gasteiger partial charge on any atom is 0.223 e. The average Bonchev–Trinajstić information content (AvgIpc) is 2.32. The minimum absolute atomic E-state index is 0.0497. The Labute approximate surface area is 105 Å². The Balaban J connectivity index is 2.23. The number of amides is 1. The van der Waals surface area contributed by atoms with Gasteiger partial charge in [-0.3, -0.25) is 4.79 Å². The summed E-state index contributed by atoms with van der Waals surface area (Å²) in [7, 11) is 0. The molecule has 1 fully saturated rings. The van der Waals surface area contributed by atoms with Crippen LogP contribution >= 0.6 is 0 Å². The molecule has 0 spiro atoms. The number of hydrogen-bond acceptors (Lipinski definition) is 3. The van der Waals surface area contributed by atoms with Crippen molar-refractivity contribution in [3.05, 3.63) is 0 Å². The summed E-state index contributed by atoms with van der Waals surface area (Å²) in [4.78, 5) is 14.3. The van der Waals surface area contributed by atoms with Gasteiger partial charge in [-0.1, -0.05) is 13.8 Å². The van der Waals surface area contributed by atoms with Crippen LogP contribution in [0.5, 0.6) is 0 Å². The first-order chi connectivity index (χ1) is 8.17. The van der Waals surface area contributed by atoms with Crippen LogP contribution in [-0.4, -0.2) is 43.0 Å². The zero-order valence-corrected chi connectivity index (χ0v) is 11.2. The molecule has 1 unspecified atom stereocenters. The molecule has 1 aliphatic rings. The zero-order chi connectivity index (χ0) is 12.7. The zero-order valence-electron chi connectivity index (χ0n) is 11.2. The van der Waals surface area contributed by atoms with Crippen molar-refractivity contribution in [3.8, 4) is 0 Å². The van der Waals surface area contributed by atoms with Gasteiger partial charge in [0.25, 0.3) is 0 Å². The first-order valence-corrected chi connectivity index (χ1v) is 6.90. The number of nitrogens with zero attached hydrogens (tertiary/aromatic N) is 1. The number of rotatable bonds is 6. The van der Waals surface area contributed by atoms with Gasteiger partial charge in [0, 0.05) is 25.0 Å². The molecule has 17 heavy (non-hydrogen) atoms. The summed E-state index contributed by atoms with van der Waals surface area (Å²) in [6.45, 7) is 8.17. The fraction of sp³-hybridized carbons (Fsp3) is 0.923. The molecule has 1 saturated heterocycles. The number of piperidine rings is 1. The highest BCUT2D eigenvalue weighted by molar-refractivity contribution is 5.78. The first kappa shape index (κ1) is 14.5. The minimum atomic E-state index is 0.0497. The van der Waals surface area contributed by atoms with Gasteiger partial charge in [-0.25, -0.2) is 0 Å². The number of nitrogens with two attached hydrogens (primary N) is 1. The van der Waals surface area contributed by atoms with Gasteiger partial charge < -0.3 is 16.0 Å². The van der Waals surface area contributed by atoms with Crippen LogP contribution in [0.4, 0.5) is 0 Å². The fourth-order valence-corrected chi connectivity index (χ4v) is 2.34. The molecule has 1 heterocycles. The second-order valence-corrected chi connectivity index (χ2v) is 5.10. The van der Waals surface area contributed by atoms with Gasteiger partial charge in [-0.05, 0) is 38.8 Å². The Morgan fingerprint density at radius 2 is 2.12 bits per heavy atom. The van der Waals surface area contributed by atoms with Crippen LogP contribution in [0.1, 0.15) is 39.5 Å². The lowest BCUT2D eigenvalue weighted by Crippen LogP contribution is -2.46. The topological polar surface area (TPSA) is 58.4 Å². The number of likely N-dealkylation sites (tertiary alicyclic amines) is 1. The highest BCUT2D eigenvalue weighted by Gasteiger charge is 2.21. The van der Waals surface area contributed by atoms with Crippen molar-refractivity contribution in [2.45, 2.75) is 45.6 Å². The second-order valence-electron chi connectivity index (χ2n) is 5.10. The lowest BCUT2D eigenvalue weighted by Gasteiger charge is -2.32. The molecule has 1 amide bonds. The van der Waals surface area contributed by atoms with Crippen LogP contribution in [0, 0.1) is 5.92 Å². The van der Waals surface area contributed by atoms with E-state index in [1.807, 2.05) is 6.92 Å². The van der Waals surface area contributed by atoms with E-state index in [-0.39, 0.29) is 11.8 Å². The summed E-state index contributed by atoms with van der Waals surface area (Å²) in [6.07, 6.45) is 4.16. The van der Waals surface area contributed by atoms with Crippen LogP contribution < -0.4 is 11.1 Å². The van der Waals surface area contributed by atoms with Crippen molar-refractivity contribution in [3.63, 3.8) is 0 Å². The quantitative estimate of drug-likeness (QED) is 0.728. The van der Waals surface area contributed by atoms with E-state index in [9.17, 15) is 4.79 Å². The summed E-state index contributed by atoms with van der Waals surface area (Å²) < 4.78 is 0. The van der Waals surface area contributed by atoms with Gasteiger partial charge in [0.1, 0.15) is 0 Å². The van der Waals surface area contributed by atoms with E-state index < -0.39 is 0 Å². The van der Waals surface area contributed by atoms with Crippen molar-refractivity contribution in [1.82, 2.24) is 10.2 Å². The molecule has 3 N–H and O–H groups in total. The third-order valence-corrected chi connectivity index (χ3v) is 3.52. The van der Waals surface area contributed by atoms with E-state index in [0.29, 0.717) is 12.6 Å². The molecule has 0 aliphatic carbocycles. The number of carbonyl (C=O) groups is 1. The van der Waals surface area contributed by atoms with E-state index in [4.69, 9.17) is 5.73 Å². The smallest absolute Gasteiger partial charge is 0.223 e. The van der Waals surface area contributed by atoms with Gasteiger partial charge >= 0.3 is 0 Å². The molecule has 4 nitrogen and oxygen atoms in total. The van der Waals surface area contributed by atoms with Crippen molar-refractivity contribution in [2.75, 3.05) is 26.2 Å². The van der Waals surface area contributed by atoms with E-state index in [1.165, 1.54) is 13.0 Å². The standard InChI is InChI=1S/C13H27N3O/c1-3-8-16-9-5-12(6-10-16)15-13(17)11(2)4-7-14/h11-12H,3-10,14H2,1-2H3,(H,15,17). The van der Waals surface area contributed by atoms with Crippen LogP contribution in [0.3, 0.4) is 0 Å². The number of nitrogens with one attached hydrogen (secondary N) is 1. The van der Waals surface area contributed by atoms with Crippen LogP contribution in [0.25, 0.3) is 0 Å². The van der Waals surface area contributed by atoms with Crippen LogP contribution in [0.15, 0.2) is 0 Å². The average molecular weight is 241 g/mol. The third kappa shape index (κ3) is 5.04. The summed E-state index contributed by atoms with van der Waals surface area (Å²) in [6, 6.07) is 0.371. The Morgan fingerprint density at radius 3 is 2.65 bits per heavy atom. The monoisotopic (exact) mass is 241 g/mol. The number of hydrogen-bond donors (Lipinski definition) is 2. The molecule has 0 radical (unpaired) electrons.